The minimum atomic E-state index is 0. The summed E-state index contributed by atoms with van der Waals surface area (Å²) in [5.74, 6) is 0.322. The summed E-state index contributed by atoms with van der Waals surface area (Å²) in [5.41, 5.74) is 8.57. The van der Waals surface area contributed by atoms with Crippen molar-refractivity contribution in [2.24, 2.45) is 15.3 Å². The number of hydrogen-bond acceptors (Lipinski definition) is 4. The van der Waals surface area contributed by atoms with E-state index in [2.05, 4.69) is 20.8 Å². The molecule has 0 fully saturated rings. The minimum absolute atomic E-state index is 0. The zero-order chi connectivity index (χ0) is 20.8. The van der Waals surface area contributed by atoms with Gasteiger partial charge in [0, 0.05) is 5.56 Å². The Balaban J connectivity index is 0.00000320. The van der Waals surface area contributed by atoms with Gasteiger partial charge in [0.1, 0.15) is 5.75 Å². The molecule has 0 heterocycles. The molecule has 0 amide bonds. The topological polar surface area (TPSA) is 88.5 Å². The molecule has 0 aliphatic carbocycles. The molecule has 0 saturated heterocycles. The van der Waals surface area contributed by atoms with E-state index in [1.165, 1.54) is 0 Å². The molecule has 1 N–H and O–H groups in total. The van der Waals surface area contributed by atoms with Gasteiger partial charge < -0.3 is 20.4 Å². The first-order valence-electron chi connectivity index (χ1n) is 9.03. The third-order valence-corrected chi connectivity index (χ3v) is 4.22. The van der Waals surface area contributed by atoms with E-state index in [4.69, 9.17) is 0 Å². The molecule has 1 radical (unpaired) electrons. The van der Waals surface area contributed by atoms with Crippen molar-refractivity contribution in [2.75, 3.05) is 0 Å². The second-order valence-electron chi connectivity index (χ2n) is 6.66. The summed E-state index contributed by atoms with van der Waals surface area (Å²) in [5, 5.41) is 22.9. The maximum Gasteiger partial charge on any atom is 2.00 e. The van der Waals surface area contributed by atoms with Crippen molar-refractivity contribution in [3.8, 4) is 5.75 Å². The normalized spacial score (nSPS) is 11.2. The summed E-state index contributed by atoms with van der Waals surface area (Å²) >= 11 is 0. The summed E-state index contributed by atoms with van der Waals surface area (Å²) < 4.78 is 0. The number of carbonyl (C=O) groups excluding carboxylic acids is 1. The van der Waals surface area contributed by atoms with Gasteiger partial charge in [-0.05, 0) is 32.0 Å². The first kappa shape index (κ1) is 23.0. The number of hydrogen-bond donors (Lipinski definition) is 1. The van der Waals surface area contributed by atoms with E-state index >= 15 is 0 Å². The summed E-state index contributed by atoms with van der Waals surface area (Å²) in [7, 11) is 0. The Morgan fingerprint density at radius 2 is 1.70 bits per heavy atom. The van der Waals surface area contributed by atoms with E-state index in [-0.39, 0.29) is 28.7 Å². The standard InChI is InChI=1S/C23H20N4O2.Cu/c1-15-9-10-19(14-28)20(12-15)24-26-23(18-7-5-4-6-8-18)27-25-21-13-16(2)11-17(3)22(21)29;/h4-13H,1-3H3,(H-,24,25,26,27,28,29);/q-2;+2. The molecule has 3 aromatic carbocycles. The number of rotatable bonds is 5. The summed E-state index contributed by atoms with van der Waals surface area (Å²) in [4.78, 5) is 11.2. The average Bonchev–Trinajstić information content (AvgIpc) is 2.72. The van der Waals surface area contributed by atoms with Crippen LogP contribution in [0.2, 0.25) is 0 Å². The van der Waals surface area contributed by atoms with E-state index < -0.39 is 0 Å². The van der Waals surface area contributed by atoms with Crippen molar-refractivity contribution >= 4 is 23.5 Å². The van der Waals surface area contributed by atoms with Gasteiger partial charge in [0.15, 0.2) is 5.84 Å². The Labute approximate surface area is 186 Å². The molecular formula is C23H20CuN4O2. The van der Waals surface area contributed by atoms with Crippen molar-refractivity contribution in [2.45, 2.75) is 20.8 Å². The van der Waals surface area contributed by atoms with E-state index in [9.17, 15) is 9.90 Å². The molecule has 0 atom stereocenters. The molecule has 0 aliphatic heterocycles. The van der Waals surface area contributed by atoms with E-state index in [1.807, 2.05) is 62.6 Å². The van der Waals surface area contributed by atoms with Crippen molar-refractivity contribution < 1.29 is 27.0 Å². The second-order valence-corrected chi connectivity index (χ2v) is 6.66. The largest absolute Gasteiger partial charge is 2.00 e. The van der Waals surface area contributed by atoms with E-state index in [1.54, 1.807) is 25.1 Å². The van der Waals surface area contributed by atoms with Crippen LogP contribution < -0.4 is 0 Å². The number of nitrogens with zero attached hydrogens (tertiary/aromatic N) is 4. The summed E-state index contributed by atoms with van der Waals surface area (Å²) in [6, 6.07) is 18.1. The van der Waals surface area contributed by atoms with Gasteiger partial charge in [0.05, 0.1) is 6.29 Å². The van der Waals surface area contributed by atoms with Crippen LogP contribution in [-0.2, 0) is 21.9 Å². The third-order valence-electron chi connectivity index (χ3n) is 4.22. The van der Waals surface area contributed by atoms with Crippen LogP contribution in [-0.4, -0.2) is 17.2 Å². The smallest absolute Gasteiger partial charge is 0.571 e. The van der Waals surface area contributed by atoms with Gasteiger partial charge in [-0.1, -0.05) is 65.3 Å². The first-order chi connectivity index (χ1) is 14.0. The van der Waals surface area contributed by atoms with Crippen LogP contribution in [0.15, 0.2) is 76.0 Å². The maximum atomic E-state index is 11.2. The van der Waals surface area contributed by atoms with Gasteiger partial charge in [-0.2, -0.15) is 6.07 Å². The quantitative estimate of drug-likeness (QED) is 0.131. The molecule has 3 aromatic rings. The molecule has 0 unspecified atom stereocenters. The van der Waals surface area contributed by atoms with Gasteiger partial charge in [-0.3, -0.25) is 0 Å². The monoisotopic (exact) mass is 447 g/mol. The predicted octanol–water partition coefficient (Wildman–Crippen LogP) is 5.92. The van der Waals surface area contributed by atoms with Crippen LogP contribution in [0.3, 0.4) is 0 Å². The molecule has 155 valence electrons. The SMILES string of the molecule is Cc1ccc([C-]=O)c(N=N/C(=N\[N-]c2cc(C)cc(C)c2O)c2ccccc2)c1.[Cu+2]. The van der Waals surface area contributed by atoms with Gasteiger partial charge >= 0.3 is 17.1 Å². The molecule has 0 aromatic heterocycles. The van der Waals surface area contributed by atoms with Crippen molar-refractivity contribution in [1.82, 2.24) is 0 Å². The fourth-order valence-electron chi connectivity index (χ4n) is 2.75. The Morgan fingerprint density at radius 3 is 2.40 bits per heavy atom. The van der Waals surface area contributed by atoms with Gasteiger partial charge in [0.25, 0.3) is 0 Å². The molecule has 3 rings (SSSR count). The maximum absolute atomic E-state index is 11.2. The Morgan fingerprint density at radius 1 is 0.967 bits per heavy atom. The Kier molecular flexibility index (Phi) is 8.04. The van der Waals surface area contributed by atoms with Gasteiger partial charge in [0.2, 0.25) is 0 Å². The van der Waals surface area contributed by atoms with Crippen LogP contribution in [0.25, 0.3) is 5.43 Å². The third kappa shape index (κ3) is 5.63. The number of aryl methyl sites for hydroxylation is 3. The van der Waals surface area contributed by atoms with Crippen LogP contribution in [0.1, 0.15) is 27.8 Å². The van der Waals surface area contributed by atoms with Crippen LogP contribution in [0.5, 0.6) is 5.75 Å². The van der Waals surface area contributed by atoms with Gasteiger partial charge in [-0.25, -0.2) is 5.11 Å². The van der Waals surface area contributed by atoms with E-state index in [0.29, 0.717) is 28.1 Å². The number of benzene rings is 3. The molecule has 0 spiro atoms. The molecule has 0 bridgehead atoms. The van der Waals surface area contributed by atoms with Crippen molar-refractivity contribution in [3.63, 3.8) is 0 Å². The second kappa shape index (κ2) is 10.5. The number of aromatic hydroxyl groups is 1. The predicted molar refractivity (Wildman–Crippen MR) is 114 cm³/mol. The van der Waals surface area contributed by atoms with Crippen LogP contribution in [0.4, 0.5) is 11.4 Å². The fraction of sp³-hybridized carbons (Fsp3) is 0.130. The number of phenols is 1. The molecule has 0 aliphatic rings. The van der Waals surface area contributed by atoms with Gasteiger partial charge in [-0.15, -0.1) is 16.7 Å². The summed E-state index contributed by atoms with van der Waals surface area (Å²) in [6.07, 6.45) is 1.86. The minimum Gasteiger partial charge on any atom is -0.571 e. The molecule has 0 saturated carbocycles. The van der Waals surface area contributed by atoms with Crippen molar-refractivity contribution in [1.29, 1.82) is 0 Å². The Bertz CT molecular complexity index is 1100. The molecule has 7 heteroatoms. The molecular weight excluding hydrogens is 428 g/mol. The van der Waals surface area contributed by atoms with Crippen LogP contribution in [0, 0.1) is 20.8 Å². The molecule has 30 heavy (non-hydrogen) atoms. The number of phenolic OH excluding ortho intramolecular Hbond substituents is 1. The fourth-order valence-corrected chi connectivity index (χ4v) is 2.75. The molecule has 6 nitrogen and oxygen atoms in total. The zero-order valence-corrected chi connectivity index (χ0v) is 17.7. The Hall–Kier alpha value is -3.28. The van der Waals surface area contributed by atoms with Crippen molar-refractivity contribution in [3.05, 3.63) is 93.9 Å². The average molecular weight is 448 g/mol. The van der Waals surface area contributed by atoms with E-state index in [0.717, 1.165) is 11.1 Å². The first-order valence-corrected chi connectivity index (χ1v) is 9.03. The number of amidine groups is 1. The van der Waals surface area contributed by atoms with Crippen LogP contribution >= 0.6 is 0 Å². The zero-order valence-electron chi connectivity index (χ0n) is 16.7. The number of azo groups is 1. The summed E-state index contributed by atoms with van der Waals surface area (Å²) in [6.45, 7) is 5.62.